The molecule has 1 saturated carbocycles. The predicted molar refractivity (Wildman–Crippen MR) is 96.2 cm³/mol. The van der Waals surface area contributed by atoms with Gasteiger partial charge in [0.25, 0.3) is 0 Å². The molecular weight excluding hydrogens is 333 g/mol. The molecule has 0 unspecified atom stereocenters. The van der Waals surface area contributed by atoms with Gasteiger partial charge >= 0.3 is 5.97 Å². The molecule has 1 heterocycles. The lowest BCUT2D eigenvalue weighted by Gasteiger charge is -2.19. The third-order valence-electron chi connectivity index (χ3n) is 5.25. The SMILES string of the molecule is CCc1ccc2nc(C3(c4ccc(F)cc4)CC3)c(O)c(C(=O)O)c2c1. The normalized spacial score (nSPS) is 15.2. The first kappa shape index (κ1) is 16.5. The monoisotopic (exact) mass is 351 g/mol. The van der Waals surface area contributed by atoms with E-state index in [0.29, 0.717) is 16.6 Å². The number of benzene rings is 2. The van der Waals surface area contributed by atoms with E-state index in [2.05, 4.69) is 4.98 Å². The number of aromatic hydroxyl groups is 1. The topological polar surface area (TPSA) is 70.4 Å². The number of halogens is 1. The Kier molecular flexibility index (Phi) is 3.68. The molecule has 1 aliphatic rings. The molecule has 0 bridgehead atoms. The summed E-state index contributed by atoms with van der Waals surface area (Å²) in [5, 5.41) is 20.9. The van der Waals surface area contributed by atoms with Crippen LogP contribution in [0.15, 0.2) is 42.5 Å². The predicted octanol–water partition coefficient (Wildman–Crippen LogP) is 4.42. The van der Waals surface area contributed by atoms with Crippen LogP contribution in [0.25, 0.3) is 10.9 Å². The number of fused-ring (bicyclic) bond motifs is 1. The first-order chi connectivity index (χ1) is 12.5. The second kappa shape index (κ2) is 5.80. The quantitative estimate of drug-likeness (QED) is 0.730. The van der Waals surface area contributed by atoms with Crippen LogP contribution >= 0.6 is 0 Å². The molecule has 4 nitrogen and oxygen atoms in total. The van der Waals surface area contributed by atoms with Gasteiger partial charge in [-0.1, -0.05) is 25.1 Å². The van der Waals surface area contributed by atoms with Crippen LogP contribution in [0.2, 0.25) is 0 Å². The minimum Gasteiger partial charge on any atom is -0.505 e. The molecule has 3 aromatic rings. The van der Waals surface area contributed by atoms with Crippen LogP contribution in [0.4, 0.5) is 4.39 Å². The molecule has 0 saturated heterocycles. The average molecular weight is 351 g/mol. The second-order valence-electron chi connectivity index (χ2n) is 6.78. The van der Waals surface area contributed by atoms with Crippen molar-refractivity contribution in [2.24, 2.45) is 0 Å². The van der Waals surface area contributed by atoms with Gasteiger partial charge in [-0.05, 0) is 54.7 Å². The number of nitrogens with zero attached hydrogens (tertiary/aromatic N) is 1. The molecular formula is C21H18FNO3. The van der Waals surface area contributed by atoms with Crippen molar-refractivity contribution in [2.45, 2.75) is 31.6 Å². The lowest BCUT2D eigenvalue weighted by molar-refractivity contribution is 0.0695. The lowest BCUT2D eigenvalue weighted by atomic mass is 9.89. The van der Waals surface area contributed by atoms with Crippen molar-refractivity contribution in [1.29, 1.82) is 0 Å². The summed E-state index contributed by atoms with van der Waals surface area (Å²) in [6.07, 6.45) is 2.23. The maximum atomic E-state index is 13.3. The van der Waals surface area contributed by atoms with E-state index in [1.807, 2.05) is 13.0 Å². The van der Waals surface area contributed by atoms with Gasteiger partial charge in [0.2, 0.25) is 0 Å². The molecule has 0 amide bonds. The highest BCUT2D eigenvalue weighted by molar-refractivity contribution is 6.05. The van der Waals surface area contributed by atoms with Crippen LogP contribution in [-0.2, 0) is 11.8 Å². The van der Waals surface area contributed by atoms with Gasteiger partial charge in [0, 0.05) is 10.8 Å². The Morgan fingerprint density at radius 3 is 2.46 bits per heavy atom. The van der Waals surface area contributed by atoms with Crippen molar-refractivity contribution in [3.63, 3.8) is 0 Å². The van der Waals surface area contributed by atoms with Gasteiger partial charge < -0.3 is 10.2 Å². The van der Waals surface area contributed by atoms with Gasteiger partial charge in [-0.2, -0.15) is 0 Å². The highest BCUT2D eigenvalue weighted by Gasteiger charge is 2.50. The van der Waals surface area contributed by atoms with Crippen molar-refractivity contribution >= 4 is 16.9 Å². The number of aromatic nitrogens is 1. The number of carbonyl (C=O) groups is 1. The zero-order valence-corrected chi connectivity index (χ0v) is 14.3. The molecule has 0 spiro atoms. The highest BCUT2D eigenvalue weighted by atomic mass is 19.1. The summed E-state index contributed by atoms with van der Waals surface area (Å²) in [6, 6.07) is 11.6. The summed E-state index contributed by atoms with van der Waals surface area (Å²) >= 11 is 0. The molecule has 1 aliphatic carbocycles. The van der Waals surface area contributed by atoms with Gasteiger partial charge in [0.15, 0.2) is 5.75 Å². The van der Waals surface area contributed by atoms with Crippen molar-refractivity contribution < 1.29 is 19.4 Å². The Bertz CT molecular complexity index is 1020. The summed E-state index contributed by atoms with van der Waals surface area (Å²) in [7, 11) is 0. The van der Waals surface area contributed by atoms with Gasteiger partial charge in [-0.3, -0.25) is 0 Å². The molecule has 1 fully saturated rings. The van der Waals surface area contributed by atoms with Crippen LogP contribution in [0, 0.1) is 5.82 Å². The Hall–Kier alpha value is -2.95. The van der Waals surface area contributed by atoms with E-state index in [-0.39, 0.29) is 17.1 Å². The maximum Gasteiger partial charge on any atom is 0.340 e. The molecule has 5 heteroatoms. The van der Waals surface area contributed by atoms with Crippen LogP contribution in [0.5, 0.6) is 5.75 Å². The van der Waals surface area contributed by atoms with Crippen LogP contribution in [0.3, 0.4) is 0 Å². The average Bonchev–Trinajstić information content (AvgIpc) is 3.42. The molecule has 132 valence electrons. The summed E-state index contributed by atoms with van der Waals surface area (Å²) in [6.45, 7) is 1.98. The molecule has 2 N–H and O–H groups in total. The number of carboxylic acid groups (broad SMARTS) is 1. The first-order valence-electron chi connectivity index (χ1n) is 8.61. The highest BCUT2D eigenvalue weighted by Crippen LogP contribution is 2.56. The number of aromatic carboxylic acids is 1. The smallest absolute Gasteiger partial charge is 0.340 e. The van der Waals surface area contributed by atoms with Gasteiger partial charge in [-0.25, -0.2) is 14.2 Å². The first-order valence-corrected chi connectivity index (χ1v) is 8.61. The van der Waals surface area contributed by atoms with Gasteiger partial charge in [-0.15, -0.1) is 0 Å². The molecule has 1 aromatic heterocycles. The van der Waals surface area contributed by atoms with E-state index < -0.39 is 11.4 Å². The molecule has 0 radical (unpaired) electrons. The Morgan fingerprint density at radius 2 is 1.88 bits per heavy atom. The fourth-order valence-electron chi connectivity index (χ4n) is 3.63. The standard InChI is InChI=1S/C21H18FNO3/c1-2-12-3-8-16-15(11-12)17(20(25)26)18(24)19(23-16)21(9-10-21)13-4-6-14(22)7-5-13/h3-8,11,24H,2,9-10H2,1H3,(H,25,26). The zero-order valence-electron chi connectivity index (χ0n) is 14.3. The maximum absolute atomic E-state index is 13.3. The van der Waals surface area contributed by atoms with E-state index in [9.17, 15) is 19.4 Å². The minimum absolute atomic E-state index is 0.117. The number of pyridine rings is 1. The fourth-order valence-corrected chi connectivity index (χ4v) is 3.63. The number of carboxylic acids is 1. The number of aryl methyl sites for hydroxylation is 1. The van der Waals surface area contributed by atoms with Crippen molar-refractivity contribution in [3.8, 4) is 5.75 Å². The van der Waals surface area contributed by atoms with Crippen molar-refractivity contribution in [1.82, 2.24) is 4.98 Å². The second-order valence-corrected chi connectivity index (χ2v) is 6.78. The minimum atomic E-state index is -1.18. The Morgan fingerprint density at radius 1 is 1.19 bits per heavy atom. The summed E-state index contributed by atoms with van der Waals surface area (Å²) in [5.41, 5.74) is 2.04. The van der Waals surface area contributed by atoms with E-state index in [0.717, 1.165) is 30.4 Å². The fraction of sp³-hybridized carbons (Fsp3) is 0.238. The summed E-state index contributed by atoms with van der Waals surface area (Å²) in [5.74, 6) is -1.81. The number of hydrogen-bond acceptors (Lipinski definition) is 3. The molecule has 2 aromatic carbocycles. The van der Waals surface area contributed by atoms with Gasteiger partial charge in [0.1, 0.15) is 11.4 Å². The zero-order chi connectivity index (χ0) is 18.5. The summed E-state index contributed by atoms with van der Waals surface area (Å²) in [4.78, 5) is 16.5. The van der Waals surface area contributed by atoms with E-state index in [4.69, 9.17) is 0 Å². The number of rotatable bonds is 4. The van der Waals surface area contributed by atoms with Crippen molar-refractivity contribution in [3.05, 3.63) is 70.7 Å². The Labute approximate surface area is 149 Å². The van der Waals surface area contributed by atoms with Gasteiger partial charge in [0.05, 0.1) is 11.2 Å². The largest absolute Gasteiger partial charge is 0.505 e. The molecule has 26 heavy (non-hydrogen) atoms. The van der Waals surface area contributed by atoms with E-state index in [1.165, 1.54) is 12.1 Å². The Balaban J connectivity index is 1.98. The molecule has 0 aliphatic heterocycles. The molecule has 0 atom stereocenters. The number of hydrogen-bond donors (Lipinski definition) is 2. The van der Waals surface area contributed by atoms with Crippen LogP contribution < -0.4 is 0 Å². The third kappa shape index (κ3) is 2.43. The van der Waals surface area contributed by atoms with Crippen LogP contribution in [0.1, 0.15) is 46.9 Å². The lowest BCUT2D eigenvalue weighted by Crippen LogP contribution is -2.14. The van der Waals surface area contributed by atoms with E-state index in [1.54, 1.807) is 24.3 Å². The third-order valence-corrected chi connectivity index (χ3v) is 5.25. The van der Waals surface area contributed by atoms with Crippen LogP contribution in [-0.4, -0.2) is 21.2 Å². The summed E-state index contributed by atoms with van der Waals surface area (Å²) < 4.78 is 13.3. The van der Waals surface area contributed by atoms with E-state index >= 15 is 0 Å². The molecule has 4 rings (SSSR count). The van der Waals surface area contributed by atoms with Crippen molar-refractivity contribution in [2.75, 3.05) is 0 Å².